The molecule has 7 heteroatoms. The van der Waals surface area contributed by atoms with Crippen molar-refractivity contribution in [1.82, 2.24) is 0 Å². The smallest absolute Gasteiger partial charge is 0.303 e. The topological polar surface area (TPSA) is 76.0 Å². The number of aliphatic hydroxyl groups excluding tert-OH is 1. The molecule has 0 aliphatic heterocycles. The molecule has 0 saturated heterocycles. The third-order valence-corrected chi connectivity index (χ3v) is 23.0. The Balaban J connectivity index is 1.61. The van der Waals surface area contributed by atoms with Gasteiger partial charge in [0.15, 0.2) is 0 Å². The van der Waals surface area contributed by atoms with E-state index in [-0.39, 0.29) is 34.4 Å². The van der Waals surface area contributed by atoms with Gasteiger partial charge in [-0.15, -0.1) is 0 Å². The molecule has 5 nitrogen and oxygen atoms in total. The largest absolute Gasteiger partial charge is 0.481 e. The summed E-state index contributed by atoms with van der Waals surface area (Å²) < 4.78 is 15.8. The summed E-state index contributed by atoms with van der Waals surface area (Å²) in [6.07, 6.45) is 14.9. The summed E-state index contributed by atoms with van der Waals surface area (Å²) in [5, 5.41) is 26.1. The van der Waals surface area contributed by atoms with Crippen LogP contribution in [0.2, 0.25) is 10.1 Å². The third-order valence-electron chi connectivity index (χ3n) is 12.7. The Labute approximate surface area is 364 Å². The maximum absolute atomic E-state index is 12.3. The molecule has 4 aromatic carbocycles. The Morgan fingerprint density at radius 1 is 0.683 bits per heavy atom. The molecule has 0 spiro atoms. The second-order valence-electron chi connectivity index (χ2n) is 19.3. The van der Waals surface area contributed by atoms with Gasteiger partial charge in [0, 0.05) is 12.3 Å². The van der Waals surface area contributed by atoms with E-state index < -0.39 is 34.3 Å². The van der Waals surface area contributed by atoms with E-state index in [1.807, 2.05) is 0 Å². The van der Waals surface area contributed by atoms with Crippen molar-refractivity contribution in [2.45, 2.75) is 141 Å². The molecule has 60 heavy (non-hydrogen) atoms. The summed E-state index contributed by atoms with van der Waals surface area (Å²) in [5.74, 6) is -0.958. The predicted molar refractivity (Wildman–Crippen MR) is 256 cm³/mol. The Morgan fingerprint density at radius 2 is 1.15 bits per heavy atom. The second-order valence-corrected chi connectivity index (χ2v) is 27.7. The quantitative estimate of drug-likeness (QED) is 0.0527. The Morgan fingerprint density at radius 3 is 1.58 bits per heavy atom. The number of allylic oxidation sites excluding steroid dienone is 2. The average Bonchev–Trinajstić information content (AvgIpc) is 3.52. The number of carboxylic acids is 1. The van der Waals surface area contributed by atoms with Gasteiger partial charge in [-0.1, -0.05) is 213 Å². The monoisotopic (exact) mass is 844 g/mol. The highest BCUT2D eigenvalue weighted by Gasteiger charge is 2.55. The maximum Gasteiger partial charge on any atom is 0.303 e. The van der Waals surface area contributed by atoms with Crippen molar-refractivity contribution in [2.75, 3.05) is 0 Å². The van der Waals surface area contributed by atoms with Crippen LogP contribution in [0.4, 0.5) is 0 Å². The van der Waals surface area contributed by atoms with Crippen LogP contribution in [0.1, 0.15) is 113 Å². The summed E-state index contributed by atoms with van der Waals surface area (Å²) in [6.45, 7) is 18.4. The lowest BCUT2D eigenvalue weighted by Gasteiger charge is -2.48. The highest BCUT2D eigenvalue weighted by molar-refractivity contribution is 7.00. The molecule has 5 rings (SSSR count). The number of aliphatic carboxylic acids is 1. The number of carbonyl (C=O) groups is 1. The zero-order valence-corrected chi connectivity index (χ0v) is 39.6. The first-order valence-electron chi connectivity index (χ1n) is 22.4. The van der Waals surface area contributed by atoms with Gasteiger partial charge in [0.1, 0.15) is 0 Å². The van der Waals surface area contributed by atoms with Crippen molar-refractivity contribution >= 4 is 43.4 Å². The lowest BCUT2D eigenvalue weighted by molar-refractivity contribution is -0.137. The molecule has 322 valence electrons. The lowest BCUT2D eigenvalue weighted by atomic mass is 9.88. The zero-order valence-electron chi connectivity index (χ0n) is 37.6. The van der Waals surface area contributed by atoms with Crippen molar-refractivity contribution in [3.63, 3.8) is 0 Å². The summed E-state index contributed by atoms with van der Waals surface area (Å²) >= 11 is 0. The van der Waals surface area contributed by atoms with Gasteiger partial charge in [-0.25, -0.2) is 0 Å². The SMILES string of the molecule is CCCCCC(C)(C=C[C@@H]1[C@@H](CC=CCCCC(=O)O)[C@@H](O[Si](c2ccccc2)(c2ccccc2)C(C)(C)C)C[C@H]1O)O[Si](c1ccccc1)(c1ccccc1)C(C)(C)C. The summed E-state index contributed by atoms with van der Waals surface area (Å²) in [6, 6.07) is 43.3. The van der Waals surface area contributed by atoms with Crippen LogP contribution in [-0.2, 0) is 13.6 Å². The van der Waals surface area contributed by atoms with Crippen LogP contribution in [0.25, 0.3) is 0 Å². The van der Waals surface area contributed by atoms with Gasteiger partial charge < -0.3 is 19.1 Å². The fourth-order valence-electron chi connectivity index (χ4n) is 9.69. The molecular formula is C53H72O5Si2. The minimum absolute atomic E-state index is 0.0126. The lowest BCUT2D eigenvalue weighted by Crippen LogP contribution is -2.69. The van der Waals surface area contributed by atoms with Crippen molar-refractivity contribution in [3.8, 4) is 0 Å². The van der Waals surface area contributed by atoms with Gasteiger partial charge in [-0.3, -0.25) is 4.79 Å². The minimum Gasteiger partial charge on any atom is -0.481 e. The van der Waals surface area contributed by atoms with Crippen molar-refractivity contribution in [2.24, 2.45) is 11.8 Å². The average molecular weight is 845 g/mol. The molecule has 1 fully saturated rings. The fourth-order valence-corrected chi connectivity index (χ4v) is 19.2. The van der Waals surface area contributed by atoms with E-state index in [1.165, 1.54) is 20.7 Å². The molecule has 0 heterocycles. The Hall–Kier alpha value is -3.86. The Bertz CT molecular complexity index is 1870. The maximum atomic E-state index is 12.3. The van der Waals surface area contributed by atoms with Crippen LogP contribution < -0.4 is 20.7 Å². The number of carboxylic acid groups (broad SMARTS) is 1. The van der Waals surface area contributed by atoms with Gasteiger partial charge in [-0.05, 0) is 75.8 Å². The van der Waals surface area contributed by atoms with Gasteiger partial charge in [-0.2, -0.15) is 0 Å². The number of benzene rings is 4. The number of hydrogen-bond acceptors (Lipinski definition) is 4. The second kappa shape index (κ2) is 20.8. The summed E-state index contributed by atoms with van der Waals surface area (Å²) in [7, 11) is -5.87. The molecule has 1 saturated carbocycles. The molecule has 0 radical (unpaired) electrons. The molecule has 1 unspecified atom stereocenters. The molecule has 0 aromatic heterocycles. The minimum atomic E-state index is -2.94. The molecule has 0 amide bonds. The zero-order chi connectivity index (χ0) is 43.4. The van der Waals surface area contributed by atoms with Crippen molar-refractivity contribution < 1.29 is 23.9 Å². The summed E-state index contributed by atoms with van der Waals surface area (Å²) in [5.41, 5.74) is -0.617. The van der Waals surface area contributed by atoms with Gasteiger partial charge in [0.25, 0.3) is 16.6 Å². The normalized spacial score (nSPS) is 20.1. The predicted octanol–water partition coefficient (Wildman–Crippen LogP) is 10.6. The highest BCUT2D eigenvalue weighted by atomic mass is 28.4. The van der Waals surface area contributed by atoms with Gasteiger partial charge in [0.05, 0.1) is 17.8 Å². The molecule has 0 bridgehead atoms. The number of aliphatic hydroxyl groups is 1. The summed E-state index contributed by atoms with van der Waals surface area (Å²) in [4.78, 5) is 11.3. The van der Waals surface area contributed by atoms with E-state index >= 15 is 0 Å². The highest BCUT2D eigenvalue weighted by Crippen LogP contribution is 2.46. The number of hydrogen-bond donors (Lipinski definition) is 2. The van der Waals surface area contributed by atoms with Crippen molar-refractivity contribution in [1.29, 1.82) is 0 Å². The molecule has 5 atom stereocenters. The first kappa shape index (κ1) is 47.2. The standard InChI is InChI=1S/C53H72O5Si2/c1-9-10-27-39-53(8,58-60(52(5,6)7,44-32-21-15-22-33-44)45-34-23-16-24-35-45)40-38-46-47(36-25-11-12-26-37-50(55)56)49(41-48(46)54)57-59(51(2,3)4,42-28-17-13-18-29-42)43-30-19-14-20-31-43/h11,13-25,28-35,38,40,46-49,54H,9-10,12,26-27,36-37,39,41H2,1-8H3,(H,55,56)/t46-,47-,48-,49+,53?/m1/s1. The molecule has 1 aliphatic rings. The van der Waals surface area contributed by atoms with Crippen LogP contribution in [0.3, 0.4) is 0 Å². The van der Waals surface area contributed by atoms with E-state index in [4.69, 9.17) is 8.85 Å². The van der Waals surface area contributed by atoms with Crippen LogP contribution in [-0.4, -0.2) is 50.6 Å². The van der Waals surface area contributed by atoms with E-state index in [1.54, 1.807) is 0 Å². The van der Waals surface area contributed by atoms with Gasteiger partial charge in [0.2, 0.25) is 0 Å². The van der Waals surface area contributed by atoms with E-state index in [0.717, 1.165) is 25.7 Å². The van der Waals surface area contributed by atoms with E-state index in [9.17, 15) is 15.0 Å². The first-order chi connectivity index (χ1) is 28.6. The van der Waals surface area contributed by atoms with Crippen LogP contribution >= 0.6 is 0 Å². The Kier molecular flexibility index (Phi) is 16.4. The molecular weight excluding hydrogens is 773 g/mol. The van der Waals surface area contributed by atoms with Crippen LogP contribution in [0, 0.1) is 11.8 Å². The fraction of sp³-hybridized carbons (Fsp3) is 0.453. The molecule has 4 aromatic rings. The first-order valence-corrected chi connectivity index (χ1v) is 26.2. The van der Waals surface area contributed by atoms with Gasteiger partial charge >= 0.3 is 5.97 Å². The van der Waals surface area contributed by atoms with E-state index in [0.29, 0.717) is 25.7 Å². The number of unbranched alkanes of at least 4 members (excludes halogenated alkanes) is 3. The number of rotatable bonds is 20. The van der Waals surface area contributed by atoms with Crippen LogP contribution in [0.5, 0.6) is 0 Å². The van der Waals surface area contributed by atoms with E-state index in [2.05, 4.69) is 201 Å². The third kappa shape index (κ3) is 11.0. The molecule has 2 N–H and O–H groups in total. The molecule has 1 aliphatic carbocycles. The van der Waals surface area contributed by atoms with Crippen molar-refractivity contribution in [3.05, 3.63) is 146 Å². The van der Waals surface area contributed by atoms with Crippen LogP contribution in [0.15, 0.2) is 146 Å².